The van der Waals surface area contributed by atoms with E-state index in [0.717, 1.165) is 38.9 Å². The second-order valence-electron chi connectivity index (χ2n) is 8.73. The highest BCUT2D eigenvalue weighted by molar-refractivity contribution is 6.31. The number of anilines is 5. The van der Waals surface area contributed by atoms with Gasteiger partial charge in [0.25, 0.3) is 0 Å². The molecule has 194 valence electrons. The number of hydrogen-bond acceptors (Lipinski definition) is 10. The van der Waals surface area contributed by atoms with Gasteiger partial charge in [0, 0.05) is 48.7 Å². The van der Waals surface area contributed by atoms with Gasteiger partial charge in [-0.3, -0.25) is 0 Å². The quantitative estimate of drug-likeness (QED) is 0.148. The van der Waals surface area contributed by atoms with Gasteiger partial charge in [0.15, 0.2) is 0 Å². The maximum absolute atomic E-state index is 10.1. The molecule has 0 unspecified atom stereocenters. The lowest BCUT2D eigenvalue weighted by Crippen LogP contribution is -2.19. The van der Waals surface area contributed by atoms with E-state index in [9.17, 15) is 5.11 Å². The van der Waals surface area contributed by atoms with Crippen LogP contribution in [-0.4, -0.2) is 59.3 Å². The van der Waals surface area contributed by atoms with Gasteiger partial charge in [-0.2, -0.15) is 15.0 Å². The van der Waals surface area contributed by atoms with Crippen LogP contribution in [0.3, 0.4) is 0 Å². The van der Waals surface area contributed by atoms with E-state index in [1.54, 1.807) is 25.3 Å². The van der Waals surface area contributed by atoms with Crippen molar-refractivity contribution < 1.29 is 9.84 Å². The van der Waals surface area contributed by atoms with Crippen molar-refractivity contribution >= 4 is 62.6 Å². The molecule has 2 heterocycles. The molecule has 4 N–H and O–H groups in total. The number of benzene rings is 3. The summed E-state index contributed by atoms with van der Waals surface area (Å²) in [6, 6.07) is 18.2. The number of methoxy groups -OCH3 is 1. The van der Waals surface area contributed by atoms with Gasteiger partial charge in [-0.25, -0.2) is 4.98 Å². The largest absolute Gasteiger partial charge is 0.508 e. The molecule has 0 spiro atoms. The minimum atomic E-state index is 0.173. The van der Waals surface area contributed by atoms with Crippen molar-refractivity contribution in [1.82, 2.24) is 19.9 Å². The first-order valence-corrected chi connectivity index (χ1v) is 12.3. The van der Waals surface area contributed by atoms with E-state index in [4.69, 9.17) is 21.3 Å². The van der Waals surface area contributed by atoms with Gasteiger partial charge in [-0.05, 0) is 60.7 Å². The van der Waals surface area contributed by atoms with E-state index in [-0.39, 0.29) is 5.75 Å². The van der Waals surface area contributed by atoms with Crippen molar-refractivity contribution in [3.8, 4) is 11.5 Å². The van der Waals surface area contributed by atoms with Crippen LogP contribution in [0, 0.1) is 0 Å². The highest BCUT2D eigenvalue weighted by Gasteiger charge is 2.12. The summed E-state index contributed by atoms with van der Waals surface area (Å²) in [4.78, 5) is 20.1. The smallest absolute Gasteiger partial charge is 0.233 e. The second kappa shape index (κ2) is 10.8. The lowest BCUT2D eigenvalue weighted by Gasteiger charge is -2.16. The molecule has 0 aliphatic carbocycles. The summed E-state index contributed by atoms with van der Waals surface area (Å²) in [5.74, 6) is 2.32. The summed E-state index contributed by atoms with van der Waals surface area (Å²) in [5, 5.41) is 22.4. The number of aromatic nitrogens is 4. The normalized spacial score (nSPS) is 10.9. The predicted molar refractivity (Wildman–Crippen MR) is 153 cm³/mol. The Bertz CT molecular complexity index is 1590. The minimum absolute atomic E-state index is 0.173. The van der Waals surface area contributed by atoms with Gasteiger partial charge >= 0.3 is 0 Å². The molecule has 0 saturated heterocycles. The predicted octanol–water partition coefficient (Wildman–Crippen LogP) is 5.27. The molecule has 11 heteroatoms. The Labute approximate surface area is 224 Å². The number of halogens is 1. The van der Waals surface area contributed by atoms with Crippen molar-refractivity contribution in [1.29, 1.82) is 0 Å². The lowest BCUT2D eigenvalue weighted by atomic mass is 10.1. The summed E-state index contributed by atoms with van der Waals surface area (Å²) >= 11 is 6.21. The highest BCUT2D eigenvalue weighted by atomic mass is 35.5. The van der Waals surface area contributed by atoms with Gasteiger partial charge in [0.1, 0.15) is 11.5 Å². The van der Waals surface area contributed by atoms with Gasteiger partial charge in [-0.15, -0.1) is 0 Å². The Morgan fingerprint density at radius 2 is 1.58 bits per heavy atom. The van der Waals surface area contributed by atoms with Gasteiger partial charge < -0.3 is 30.7 Å². The van der Waals surface area contributed by atoms with Crippen molar-refractivity contribution in [2.75, 3.05) is 55.1 Å². The summed E-state index contributed by atoms with van der Waals surface area (Å²) in [6.07, 6.45) is 0. The molecule has 0 saturated carbocycles. The third-order valence-corrected chi connectivity index (χ3v) is 6.03. The molecular weight excluding hydrogens is 504 g/mol. The standard InChI is InChI=1S/C27H27ClN8O2/c1-36(2)27-34-25(33-26(35-27)31-17-5-8-19(38-3)9-6-17)30-13-12-29-24-20-10-4-16(28)14-23(20)32-22-11-7-18(37)15-21(22)24/h4-11,14-15,37H,12-13H2,1-3H3,(H,29,32)(H2,30,31,33,34,35). The topological polar surface area (TPSA) is 120 Å². The summed E-state index contributed by atoms with van der Waals surface area (Å²) in [6.45, 7) is 1.08. The third-order valence-electron chi connectivity index (χ3n) is 5.80. The van der Waals surface area contributed by atoms with E-state index in [2.05, 4.69) is 30.9 Å². The molecule has 38 heavy (non-hydrogen) atoms. The molecule has 0 aliphatic heterocycles. The van der Waals surface area contributed by atoms with Gasteiger partial charge in [0.05, 0.1) is 23.8 Å². The second-order valence-corrected chi connectivity index (χ2v) is 9.17. The fourth-order valence-electron chi connectivity index (χ4n) is 3.96. The van der Waals surface area contributed by atoms with E-state index >= 15 is 0 Å². The number of hydrogen-bond donors (Lipinski definition) is 4. The number of ether oxygens (including phenoxy) is 1. The van der Waals surface area contributed by atoms with Crippen LogP contribution in [0.4, 0.5) is 29.2 Å². The maximum Gasteiger partial charge on any atom is 0.233 e. The van der Waals surface area contributed by atoms with Crippen LogP contribution in [0.2, 0.25) is 5.02 Å². The van der Waals surface area contributed by atoms with Crippen LogP contribution >= 0.6 is 11.6 Å². The van der Waals surface area contributed by atoms with Crippen LogP contribution in [-0.2, 0) is 0 Å². The minimum Gasteiger partial charge on any atom is -0.508 e. The molecular formula is C27H27ClN8O2. The van der Waals surface area contributed by atoms with Crippen molar-refractivity contribution in [2.45, 2.75) is 0 Å². The number of aromatic hydroxyl groups is 1. The Morgan fingerprint density at radius 1 is 0.816 bits per heavy atom. The highest BCUT2D eigenvalue weighted by Crippen LogP contribution is 2.33. The molecule has 5 rings (SSSR count). The molecule has 0 radical (unpaired) electrons. The Morgan fingerprint density at radius 3 is 2.34 bits per heavy atom. The number of nitrogens with one attached hydrogen (secondary N) is 3. The monoisotopic (exact) mass is 530 g/mol. The first-order valence-electron chi connectivity index (χ1n) is 11.9. The Kier molecular flexibility index (Phi) is 7.14. The SMILES string of the molecule is COc1ccc(Nc2nc(NCCNc3c4ccc(Cl)cc4nc4ccc(O)cc34)nc(N(C)C)n2)cc1. The van der Waals surface area contributed by atoms with Crippen molar-refractivity contribution in [2.24, 2.45) is 0 Å². The average molecular weight is 531 g/mol. The van der Waals surface area contributed by atoms with Crippen LogP contribution in [0.15, 0.2) is 60.7 Å². The van der Waals surface area contributed by atoms with Crippen LogP contribution in [0.5, 0.6) is 11.5 Å². The molecule has 0 atom stereocenters. The van der Waals surface area contributed by atoms with Gasteiger partial charge in [0.2, 0.25) is 17.8 Å². The lowest BCUT2D eigenvalue weighted by molar-refractivity contribution is 0.415. The number of nitrogens with zero attached hydrogens (tertiary/aromatic N) is 5. The van der Waals surface area contributed by atoms with E-state index in [1.165, 1.54) is 0 Å². The fourth-order valence-corrected chi connectivity index (χ4v) is 4.13. The number of phenols is 1. The average Bonchev–Trinajstić information content (AvgIpc) is 2.91. The Balaban J connectivity index is 1.34. The van der Waals surface area contributed by atoms with Crippen LogP contribution in [0.1, 0.15) is 0 Å². The summed E-state index contributed by atoms with van der Waals surface area (Å²) in [5.41, 5.74) is 3.23. The van der Waals surface area contributed by atoms with Gasteiger partial charge in [-0.1, -0.05) is 11.6 Å². The molecule has 0 amide bonds. The van der Waals surface area contributed by atoms with E-state index < -0.39 is 0 Å². The van der Waals surface area contributed by atoms with Crippen molar-refractivity contribution in [3.05, 3.63) is 65.7 Å². The fraction of sp³-hybridized carbons (Fsp3) is 0.185. The molecule has 0 fully saturated rings. The molecule has 3 aromatic carbocycles. The van der Waals surface area contributed by atoms with Crippen LogP contribution < -0.4 is 25.6 Å². The van der Waals surface area contributed by atoms with Crippen LogP contribution in [0.25, 0.3) is 21.8 Å². The van der Waals surface area contributed by atoms with E-state index in [1.807, 2.05) is 61.5 Å². The number of pyridine rings is 1. The molecule has 0 bridgehead atoms. The molecule has 5 aromatic rings. The number of fused-ring (bicyclic) bond motifs is 2. The first kappa shape index (κ1) is 25.1. The molecule has 10 nitrogen and oxygen atoms in total. The zero-order valence-electron chi connectivity index (χ0n) is 21.2. The molecule has 0 aliphatic rings. The zero-order valence-corrected chi connectivity index (χ0v) is 21.9. The number of phenolic OH excluding ortho intramolecular Hbond substituents is 1. The first-order chi connectivity index (χ1) is 18.4. The Hall–Kier alpha value is -4.57. The zero-order chi connectivity index (χ0) is 26.6. The maximum atomic E-state index is 10.1. The van der Waals surface area contributed by atoms with Crippen molar-refractivity contribution in [3.63, 3.8) is 0 Å². The summed E-state index contributed by atoms with van der Waals surface area (Å²) in [7, 11) is 5.38. The third kappa shape index (κ3) is 5.55. The van der Waals surface area contributed by atoms with E-state index in [0.29, 0.717) is 36.0 Å². The summed E-state index contributed by atoms with van der Waals surface area (Å²) < 4.78 is 5.22. The number of rotatable bonds is 9. The molecule has 2 aromatic heterocycles.